The zero-order chi connectivity index (χ0) is 26.4. The number of nitrogens with one attached hydrogen (secondary N) is 2. The van der Waals surface area contributed by atoms with E-state index in [2.05, 4.69) is 10.6 Å². The van der Waals surface area contributed by atoms with Crippen LogP contribution in [0.15, 0.2) is 18.2 Å². The predicted molar refractivity (Wildman–Crippen MR) is 135 cm³/mol. The number of piperidine rings is 1. The van der Waals surface area contributed by atoms with E-state index in [1.54, 1.807) is 36.6 Å². The van der Waals surface area contributed by atoms with Gasteiger partial charge < -0.3 is 25.0 Å². The molecule has 1 aromatic heterocycles. The van der Waals surface area contributed by atoms with Gasteiger partial charge in [-0.15, -0.1) is 0 Å². The molecule has 3 amide bonds. The van der Waals surface area contributed by atoms with E-state index in [4.69, 9.17) is 0 Å². The average molecular weight is 516 g/mol. The molecule has 1 aromatic carbocycles. The molecule has 4 unspecified atom stereocenters. The lowest BCUT2D eigenvalue weighted by atomic mass is 9.80. The van der Waals surface area contributed by atoms with Crippen molar-refractivity contribution in [2.75, 3.05) is 20.1 Å². The molecule has 2 bridgehead atoms. The van der Waals surface area contributed by atoms with E-state index >= 15 is 0 Å². The number of amides is 3. The molecule has 8 nitrogen and oxygen atoms in total. The molecule has 4 fully saturated rings. The van der Waals surface area contributed by atoms with E-state index in [1.165, 1.54) is 0 Å². The fraction of sp³-hybridized carbons (Fsp3) is 0.593. The normalized spacial score (nSPS) is 23.5. The Balaban J connectivity index is 1.31. The smallest absolute Gasteiger partial charge is 0.270 e. The lowest BCUT2D eigenvalue weighted by molar-refractivity contribution is -0.157. The molecule has 2 aromatic rings. The lowest BCUT2D eigenvalue weighted by Gasteiger charge is -2.57. The van der Waals surface area contributed by atoms with Crippen LogP contribution in [-0.4, -0.2) is 76.4 Å². The minimum Gasteiger partial charge on any atom is -0.343 e. The highest BCUT2D eigenvalue weighted by molar-refractivity contribution is 5.99. The first kappa shape index (κ1) is 25.6. The van der Waals surface area contributed by atoms with Gasteiger partial charge >= 0.3 is 0 Å². The Hall–Kier alpha value is -3.01. The number of hydrogen-bond acceptors (Lipinski definition) is 4. The van der Waals surface area contributed by atoms with Crippen LogP contribution in [0.5, 0.6) is 0 Å². The lowest BCUT2D eigenvalue weighted by Crippen LogP contribution is -2.73. The van der Waals surface area contributed by atoms with Gasteiger partial charge in [-0.2, -0.15) is 0 Å². The molecule has 4 heterocycles. The van der Waals surface area contributed by atoms with Crippen molar-refractivity contribution in [2.24, 2.45) is 13.0 Å². The summed E-state index contributed by atoms with van der Waals surface area (Å²) in [6.45, 7) is 2.56. The largest absolute Gasteiger partial charge is 0.343 e. The minimum absolute atomic E-state index is 0.0487. The third-order valence-electron chi connectivity index (χ3n) is 8.55. The molecule has 2 N–H and O–H groups in total. The first-order chi connectivity index (χ1) is 17.7. The standard InChI is InChI=1S/C27H35F2N5O3/c1-15(30-2)25(35)31-24(16-7-5-4-6-8-16)27(37)34-18-11-19(34)14-33(13-18)26(36)23-10-17-9-20(28)21(29)12-22(17)32(23)3/h9-10,12,15-16,18-19,24,30H,4-8,11,13-14H2,1-3H3,(H,31,35). The molecule has 6 rings (SSSR count). The zero-order valence-electron chi connectivity index (χ0n) is 21.6. The summed E-state index contributed by atoms with van der Waals surface area (Å²) in [5.74, 6) is -2.24. The van der Waals surface area contributed by atoms with Crippen LogP contribution in [0.25, 0.3) is 10.9 Å². The second-order valence-corrected chi connectivity index (χ2v) is 10.8. The van der Waals surface area contributed by atoms with Crippen molar-refractivity contribution in [3.8, 4) is 0 Å². The van der Waals surface area contributed by atoms with Gasteiger partial charge in [0.1, 0.15) is 11.7 Å². The molecule has 37 heavy (non-hydrogen) atoms. The summed E-state index contributed by atoms with van der Waals surface area (Å²) < 4.78 is 29.1. The Labute approximate surface area is 215 Å². The van der Waals surface area contributed by atoms with Gasteiger partial charge in [0.15, 0.2) is 11.6 Å². The number of aryl methyl sites for hydroxylation is 1. The Morgan fingerprint density at radius 2 is 1.65 bits per heavy atom. The van der Waals surface area contributed by atoms with Crippen LogP contribution < -0.4 is 10.6 Å². The van der Waals surface area contributed by atoms with Crippen LogP contribution in [-0.2, 0) is 16.6 Å². The molecule has 3 aliphatic heterocycles. The van der Waals surface area contributed by atoms with Crippen LogP contribution in [0, 0.1) is 17.6 Å². The number of carbonyl (C=O) groups excluding carboxylic acids is 3. The van der Waals surface area contributed by atoms with Crippen molar-refractivity contribution in [2.45, 2.75) is 69.6 Å². The second-order valence-electron chi connectivity index (χ2n) is 10.8. The maximum atomic E-state index is 13.8. The number of carbonyl (C=O) groups is 3. The number of likely N-dealkylation sites (N-methyl/N-ethyl adjacent to an activating group) is 1. The van der Waals surface area contributed by atoms with Gasteiger partial charge in [-0.1, -0.05) is 19.3 Å². The summed E-state index contributed by atoms with van der Waals surface area (Å²) in [6.07, 6.45) is 5.91. The number of halogens is 2. The highest BCUT2D eigenvalue weighted by Crippen LogP contribution is 2.36. The second kappa shape index (κ2) is 10.0. The summed E-state index contributed by atoms with van der Waals surface area (Å²) in [4.78, 5) is 43.5. The van der Waals surface area contributed by atoms with E-state index in [-0.39, 0.29) is 35.7 Å². The number of rotatable bonds is 6. The number of benzene rings is 1. The van der Waals surface area contributed by atoms with E-state index in [1.807, 2.05) is 4.90 Å². The van der Waals surface area contributed by atoms with E-state index in [0.29, 0.717) is 29.7 Å². The van der Waals surface area contributed by atoms with Crippen molar-refractivity contribution < 1.29 is 23.2 Å². The molecule has 0 spiro atoms. The Morgan fingerprint density at radius 1 is 1.00 bits per heavy atom. The predicted octanol–water partition coefficient (Wildman–Crippen LogP) is 2.55. The average Bonchev–Trinajstić information content (AvgIpc) is 3.21. The minimum atomic E-state index is -0.954. The van der Waals surface area contributed by atoms with Crippen molar-refractivity contribution in [3.63, 3.8) is 0 Å². The number of piperazine rings is 1. The molecule has 0 radical (unpaired) electrons. The number of hydrogen-bond donors (Lipinski definition) is 2. The zero-order valence-corrected chi connectivity index (χ0v) is 21.6. The van der Waals surface area contributed by atoms with Crippen LogP contribution in [0.4, 0.5) is 8.78 Å². The molecular weight excluding hydrogens is 480 g/mol. The fourth-order valence-corrected chi connectivity index (χ4v) is 6.25. The van der Waals surface area contributed by atoms with Gasteiger partial charge in [-0.25, -0.2) is 8.78 Å². The number of nitrogens with zero attached hydrogens (tertiary/aromatic N) is 3. The highest BCUT2D eigenvalue weighted by Gasteiger charge is 2.51. The molecule has 1 aliphatic carbocycles. The first-order valence-electron chi connectivity index (χ1n) is 13.2. The van der Waals surface area contributed by atoms with Gasteiger partial charge in [0.2, 0.25) is 11.8 Å². The molecule has 1 saturated carbocycles. The Bertz CT molecular complexity index is 1210. The SMILES string of the molecule is CNC(C)C(=O)NC(C(=O)N1C2CC1CN(C(=O)c1cc3cc(F)c(F)cc3n1C)C2)C1CCCCC1. The quantitative estimate of drug-likeness (QED) is 0.619. The Morgan fingerprint density at radius 3 is 2.30 bits per heavy atom. The van der Waals surface area contributed by atoms with E-state index in [0.717, 1.165) is 50.7 Å². The third kappa shape index (κ3) is 4.60. The van der Waals surface area contributed by atoms with Crippen molar-refractivity contribution in [1.82, 2.24) is 25.0 Å². The summed E-state index contributed by atoms with van der Waals surface area (Å²) in [5, 5.41) is 6.43. The fourth-order valence-electron chi connectivity index (χ4n) is 6.25. The topological polar surface area (TPSA) is 86.7 Å². The molecule has 200 valence electrons. The van der Waals surface area contributed by atoms with Gasteiger partial charge in [-0.05, 0) is 51.3 Å². The Kier molecular flexibility index (Phi) is 6.95. The third-order valence-corrected chi connectivity index (χ3v) is 8.55. The van der Waals surface area contributed by atoms with Crippen LogP contribution in [0.1, 0.15) is 55.9 Å². The summed E-state index contributed by atoms with van der Waals surface area (Å²) >= 11 is 0. The number of fused-ring (bicyclic) bond motifs is 3. The van der Waals surface area contributed by atoms with Crippen LogP contribution >= 0.6 is 0 Å². The molecule has 3 saturated heterocycles. The van der Waals surface area contributed by atoms with Crippen molar-refractivity contribution >= 4 is 28.6 Å². The monoisotopic (exact) mass is 515 g/mol. The maximum absolute atomic E-state index is 13.8. The first-order valence-corrected chi connectivity index (χ1v) is 13.2. The number of aromatic nitrogens is 1. The van der Waals surface area contributed by atoms with Gasteiger partial charge in [0.05, 0.1) is 23.6 Å². The van der Waals surface area contributed by atoms with Crippen LogP contribution in [0.3, 0.4) is 0 Å². The summed E-state index contributed by atoms with van der Waals surface area (Å²) in [6, 6.07) is 2.62. The van der Waals surface area contributed by atoms with Crippen molar-refractivity contribution in [3.05, 3.63) is 35.5 Å². The molecule has 4 aliphatic rings. The van der Waals surface area contributed by atoms with Crippen LogP contribution in [0.2, 0.25) is 0 Å². The van der Waals surface area contributed by atoms with Gasteiger partial charge in [0.25, 0.3) is 5.91 Å². The highest BCUT2D eigenvalue weighted by atomic mass is 19.2. The molecular formula is C27H35F2N5O3. The summed E-state index contributed by atoms with van der Waals surface area (Å²) in [7, 11) is 3.38. The van der Waals surface area contributed by atoms with E-state index in [9.17, 15) is 23.2 Å². The summed E-state index contributed by atoms with van der Waals surface area (Å²) in [5.41, 5.74) is 0.802. The van der Waals surface area contributed by atoms with Crippen molar-refractivity contribution in [1.29, 1.82) is 0 Å². The van der Waals surface area contributed by atoms with E-state index < -0.39 is 23.7 Å². The van der Waals surface area contributed by atoms with Gasteiger partial charge in [-0.3, -0.25) is 14.4 Å². The maximum Gasteiger partial charge on any atom is 0.270 e. The molecule has 10 heteroatoms. The van der Waals surface area contributed by atoms with Gasteiger partial charge in [0, 0.05) is 31.6 Å². The molecule has 4 atom stereocenters.